The summed E-state index contributed by atoms with van der Waals surface area (Å²) >= 11 is 0. The van der Waals surface area contributed by atoms with Crippen molar-refractivity contribution in [1.29, 1.82) is 0 Å². The highest BCUT2D eigenvalue weighted by Crippen LogP contribution is 2.20. The fraction of sp³-hybridized carbons (Fsp3) is 0.818. The molecule has 1 atom stereocenters. The molecule has 16 heavy (non-hydrogen) atoms. The Kier molecular flexibility index (Phi) is 3.43. The van der Waals surface area contributed by atoms with Gasteiger partial charge in [0.25, 0.3) is 0 Å². The van der Waals surface area contributed by atoms with Crippen molar-refractivity contribution < 1.29 is 9.59 Å². The molecule has 2 aliphatic rings. The number of likely N-dealkylation sites (N-methyl/N-ethyl adjacent to an activating group) is 1. The van der Waals surface area contributed by atoms with Crippen LogP contribution in [-0.2, 0) is 9.59 Å². The third-order valence-electron chi connectivity index (χ3n) is 3.20. The first-order chi connectivity index (χ1) is 7.70. The monoisotopic (exact) mass is 225 g/mol. The van der Waals surface area contributed by atoms with Crippen LogP contribution in [0.1, 0.15) is 25.7 Å². The van der Waals surface area contributed by atoms with Gasteiger partial charge < -0.3 is 10.6 Å². The van der Waals surface area contributed by atoms with E-state index in [1.165, 1.54) is 0 Å². The highest BCUT2D eigenvalue weighted by atomic mass is 16.2. The van der Waals surface area contributed by atoms with Gasteiger partial charge in [0.1, 0.15) is 0 Å². The Hall–Kier alpha value is -1.10. The second-order valence-electron chi connectivity index (χ2n) is 4.58. The van der Waals surface area contributed by atoms with E-state index >= 15 is 0 Å². The van der Waals surface area contributed by atoms with Gasteiger partial charge in [-0.1, -0.05) is 0 Å². The maximum atomic E-state index is 11.6. The molecule has 1 aliphatic carbocycles. The van der Waals surface area contributed by atoms with Crippen LogP contribution in [-0.4, -0.2) is 48.9 Å². The van der Waals surface area contributed by atoms with Crippen LogP contribution in [0, 0.1) is 0 Å². The van der Waals surface area contributed by atoms with Gasteiger partial charge in [0, 0.05) is 13.1 Å². The minimum atomic E-state index is -0.116. The summed E-state index contributed by atoms with van der Waals surface area (Å²) in [6, 6.07) is 0.281. The molecule has 1 saturated heterocycles. The Balaban J connectivity index is 1.82. The standard InChI is InChI=1S/C11H19N3O2/c1-12-11(16)9-3-2-6-14(9)7-10(15)13-8-4-5-8/h8-9H,2-7H2,1H3,(H,12,16)(H,13,15). The first-order valence-electron chi connectivity index (χ1n) is 5.95. The Morgan fingerprint density at radius 2 is 2.06 bits per heavy atom. The van der Waals surface area contributed by atoms with Crippen molar-refractivity contribution in [3.8, 4) is 0 Å². The minimum absolute atomic E-state index is 0.0247. The lowest BCUT2D eigenvalue weighted by atomic mass is 10.2. The fourth-order valence-electron chi connectivity index (χ4n) is 2.16. The molecule has 0 spiro atoms. The first kappa shape index (κ1) is 11.4. The van der Waals surface area contributed by atoms with E-state index in [9.17, 15) is 9.59 Å². The van der Waals surface area contributed by atoms with Crippen molar-refractivity contribution in [2.75, 3.05) is 20.1 Å². The average Bonchev–Trinajstić information content (AvgIpc) is 2.94. The SMILES string of the molecule is CNC(=O)C1CCCN1CC(=O)NC1CC1. The zero-order chi connectivity index (χ0) is 11.5. The zero-order valence-electron chi connectivity index (χ0n) is 9.66. The smallest absolute Gasteiger partial charge is 0.237 e. The van der Waals surface area contributed by atoms with Crippen LogP contribution in [0.4, 0.5) is 0 Å². The lowest BCUT2D eigenvalue weighted by molar-refractivity contribution is -0.127. The number of likely N-dealkylation sites (tertiary alicyclic amines) is 1. The molecular formula is C11H19N3O2. The van der Waals surface area contributed by atoms with Crippen LogP contribution in [0.25, 0.3) is 0 Å². The van der Waals surface area contributed by atoms with Gasteiger partial charge in [-0.25, -0.2) is 0 Å². The van der Waals surface area contributed by atoms with E-state index in [4.69, 9.17) is 0 Å². The van der Waals surface area contributed by atoms with Crippen molar-refractivity contribution in [2.24, 2.45) is 0 Å². The van der Waals surface area contributed by atoms with Gasteiger partial charge in [-0.2, -0.15) is 0 Å². The summed E-state index contributed by atoms with van der Waals surface area (Å²) in [5.41, 5.74) is 0. The van der Waals surface area contributed by atoms with Crippen molar-refractivity contribution in [3.63, 3.8) is 0 Å². The summed E-state index contributed by atoms with van der Waals surface area (Å²) in [5.74, 6) is 0.0787. The lowest BCUT2D eigenvalue weighted by Crippen LogP contribution is -2.46. The van der Waals surface area contributed by atoms with Gasteiger partial charge in [0.15, 0.2) is 0 Å². The third-order valence-corrected chi connectivity index (χ3v) is 3.20. The van der Waals surface area contributed by atoms with Gasteiger partial charge >= 0.3 is 0 Å². The Morgan fingerprint density at radius 3 is 2.69 bits per heavy atom. The molecule has 2 fully saturated rings. The molecule has 0 aromatic rings. The molecule has 1 unspecified atom stereocenters. The molecule has 2 N–H and O–H groups in total. The molecule has 5 heteroatoms. The molecule has 1 heterocycles. The summed E-state index contributed by atoms with van der Waals surface area (Å²) < 4.78 is 0. The summed E-state index contributed by atoms with van der Waals surface area (Å²) in [5, 5.41) is 5.60. The highest BCUT2D eigenvalue weighted by molar-refractivity contribution is 5.84. The number of rotatable bonds is 4. The van der Waals surface area contributed by atoms with Crippen LogP contribution < -0.4 is 10.6 Å². The molecule has 1 aliphatic heterocycles. The quantitative estimate of drug-likeness (QED) is 0.676. The number of nitrogens with zero attached hydrogens (tertiary/aromatic N) is 1. The predicted molar refractivity (Wildman–Crippen MR) is 59.8 cm³/mol. The third kappa shape index (κ3) is 2.72. The van der Waals surface area contributed by atoms with Crippen LogP contribution in [0.2, 0.25) is 0 Å². The zero-order valence-corrected chi connectivity index (χ0v) is 9.66. The number of carbonyl (C=O) groups is 2. The van der Waals surface area contributed by atoms with Crippen LogP contribution in [0.3, 0.4) is 0 Å². The lowest BCUT2D eigenvalue weighted by Gasteiger charge is -2.22. The largest absolute Gasteiger partial charge is 0.358 e. The maximum absolute atomic E-state index is 11.6. The highest BCUT2D eigenvalue weighted by Gasteiger charge is 2.32. The van der Waals surface area contributed by atoms with Crippen molar-refractivity contribution >= 4 is 11.8 Å². The summed E-state index contributed by atoms with van der Waals surface area (Å²) in [6.45, 7) is 1.20. The van der Waals surface area contributed by atoms with E-state index in [1.54, 1.807) is 7.05 Å². The number of amides is 2. The number of hydrogen-bond donors (Lipinski definition) is 2. The van der Waals surface area contributed by atoms with Gasteiger partial charge in [-0.05, 0) is 32.2 Å². The minimum Gasteiger partial charge on any atom is -0.358 e. The van der Waals surface area contributed by atoms with Gasteiger partial charge in [-0.15, -0.1) is 0 Å². The van der Waals surface area contributed by atoms with Crippen LogP contribution in [0.15, 0.2) is 0 Å². The summed E-state index contributed by atoms with van der Waals surface area (Å²) in [7, 11) is 1.64. The van der Waals surface area contributed by atoms with E-state index in [-0.39, 0.29) is 17.9 Å². The fourth-order valence-corrected chi connectivity index (χ4v) is 2.16. The van der Waals surface area contributed by atoms with Crippen LogP contribution >= 0.6 is 0 Å². The molecule has 90 valence electrons. The summed E-state index contributed by atoms with van der Waals surface area (Å²) in [4.78, 5) is 25.1. The molecule has 0 radical (unpaired) electrons. The van der Waals surface area contributed by atoms with Gasteiger partial charge in [0.05, 0.1) is 12.6 Å². The second kappa shape index (κ2) is 4.82. The Morgan fingerprint density at radius 1 is 1.31 bits per heavy atom. The number of nitrogens with one attached hydrogen (secondary N) is 2. The molecule has 2 rings (SSSR count). The summed E-state index contributed by atoms with van der Waals surface area (Å²) in [6.07, 6.45) is 4.06. The molecule has 0 bridgehead atoms. The number of hydrogen-bond acceptors (Lipinski definition) is 3. The number of carbonyl (C=O) groups excluding carboxylic acids is 2. The second-order valence-corrected chi connectivity index (χ2v) is 4.58. The Bertz CT molecular complexity index is 289. The molecule has 0 aromatic heterocycles. The van der Waals surface area contributed by atoms with Crippen molar-refractivity contribution in [2.45, 2.75) is 37.8 Å². The molecule has 0 aromatic carbocycles. The topological polar surface area (TPSA) is 61.4 Å². The van der Waals surface area contributed by atoms with E-state index in [0.717, 1.165) is 32.2 Å². The molecule has 1 saturated carbocycles. The van der Waals surface area contributed by atoms with Crippen LogP contribution in [0.5, 0.6) is 0 Å². The van der Waals surface area contributed by atoms with E-state index < -0.39 is 0 Å². The normalized spacial score (nSPS) is 25.4. The molecule has 2 amide bonds. The van der Waals surface area contributed by atoms with E-state index in [0.29, 0.717) is 12.6 Å². The average molecular weight is 225 g/mol. The maximum Gasteiger partial charge on any atom is 0.237 e. The van der Waals surface area contributed by atoms with Gasteiger partial charge in [-0.3, -0.25) is 14.5 Å². The van der Waals surface area contributed by atoms with Crippen molar-refractivity contribution in [3.05, 3.63) is 0 Å². The Labute approximate surface area is 95.6 Å². The van der Waals surface area contributed by atoms with Crippen molar-refractivity contribution in [1.82, 2.24) is 15.5 Å². The van der Waals surface area contributed by atoms with E-state index in [1.807, 2.05) is 4.90 Å². The predicted octanol–water partition coefficient (Wildman–Crippen LogP) is -0.525. The molecule has 5 nitrogen and oxygen atoms in total. The first-order valence-corrected chi connectivity index (χ1v) is 5.95. The van der Waals surface area contributed by atoms with E-state index in [2.05, 4.69) is 10.6 Å². The molecular weight excluding hydrogens is 206 g/mol. The van der Waals surface area contributed by atoms with Gasteiger partial charge in [0.2, 0.25) is 11.8 Å².